The molecule has 2 aromatic rings. The highest BCUT2D eigenvalue weighted by Crippen LogP contribution is 2.47. The molecule has 0 bridgehead atoms. The molecule has 1 aliphatic carbocycles. The summed E-state index contributed by atoms with van der Waals surface area (Å²) in [5, 5.41) is 11.6. The van der Waals surface area contributed by atoms with Crippen LogP contribution < -0.4 is 0 Å². The summed E-state index contributed by atoms with van der Waals surface area (Å²) in [5.41, 5.74) is 2.22. The summed E-state index contributed by atoms with van der Waals surface area (Å²) in [5.74, 6) is 1.13. The lowest BCUT2D eigenvalue weighted by Gasteiger charge is -2.37. The molecule has 6 heteroatoms. The van der Waals surface area contributed by atoms with E-state index in [0.29, 0.717) is 35.0 Å². The molecule has 0 fully saturated rings. The first-order chi connectivity index (χ1) is 13.7. The summed E-state index contributed by atoms with van der Waals surface area (Å²) in [4.78, 5) is 23.5. The van der Waals surface area contributed by atoms with Gasteiger partial charge >= 0.3 is 0 Å². The largest absolute Gasteiger partial charge is 0.461 e. The van der Waals surface area contributed by atoms with Gasteiger partial charge in [0.25, 0.3) is 5.69 Å². The van der Waals surface area contributed by atoms with E-state index < -0.39 is 4.92 Å². The fraction of sp³-hybridized carbons (Fsp3) is 0.261. The third kappa shape index (κ3) is 3.83. The third-order valence-electron chi connectivity index (χ3n) is 5.33. The second-order valence-corrected chi connectivity index (χ2v) is 8.68. The first kappa shape index (κ1) is 19.4. The number of rotatable bonds is 3. The molecule has 0 saturated carbocycles. The molecular formula is C23H20ClNO4. The Balaban J connectivity index is 1.80. The Hall–Kier alpha value is -2.92. The quantitative estimate of drug-likeness (QED) is 0.457. The van der Waals surface area contributed by atoms with Gasteiger partial charge in [-0.2, -0.15) is 0 Å². The van der Waals surface area contributed by atoms with Crippen molar-refractivity contribution in [3.05, 3.63) is 92.2 Å². The van der Waals surface area contributed by atoms with E-state index in [1.807, 2.05) is 30.3 Å². The standard InChI is InChI=1S/C23H20ClNO4/c1-23(2)12-19(26)22-18(14-3-7-16(24)8-4-14)11-20(29-21(22)13-23)15-5-9-17(10-6-15)25(27)28/h3-11,18H,12-13H2,1-2H3. The van der Waals surface area contributed by atoms with Gasteiger partial charge in [-0.3, -0.25) is 14.9 Å². The first-order valence-corrected chi connectivity index (χ1v) is 9.77. The Morgan fingerprint density at radius 2 is 1.72 bits per heavy atom. The van der Waals surface area contributed by atoms with Crippen LogP contribution in [0.2, 0.25) is 5.02 Å². The fourth-order valence-electron chi connectivity index (χ4n) is 3.95. The number of Topliss-reactive ketones (excluding diaryl/α,β-unsaturated/α-hetero) is 1. The van der Waals surface area contributed by atoms with Gasteiger partial charge in [-0.15, -0.1) is 0 Å². The van der Waals surface area contributed by atoms with Crippen molar-refractivity contribution in [2.75, 3.05) is 0 Å². The predicted molar refractivity (Wildman–Crippen MR) is 111 cm³/mol. The molecule has 0 amide bonds. The smallest absolute Gasteiger partial charge is 0.269 e. The number of nitro benzene ring substituents is 1. The minimum atomic E-state index is -0.431. The van der Waals surface area contributed by atoms with Crippen molar-refractivity contribution in [2.45, 2.75) is 32.6 Å². The van der Waals surface area contributed by atoms with E-state index in [2.05, 4.69) is 13.8 Å². The van der Waals surface area contributed by atoms with Gasteiger partial charge in [0.1, 0.15) is 11.5 Å². The monoisotopic (exact) mass is 409 g/mol. The van der Waals surface area contributed by atoms with Crippen molar-refractivity contribution in [3.8, 4) is 0 Å². The predicted octanol–water partition coefficient (Wildman–Crippen LogP) is 6.05. The fourth-order valence-corrected chi connectivity index (χ4v) is 4.08. The minimum absolute atomic E-state index is 0.0216. The number of allylic oxidation sites excluding steroid dienone is 3. The van der Waals surface area contributed by atoms with Gasteiger partial charge in [-0.1, -0.05) is 37.6 Å². The molecule has 0 radical (unpaired) electrons. The second kappa shape index (κ2) is 7.16. The van der Waals surface area contributed by atoms with Gasteiger partial charge < -0.3 is 4.74 Å². The van der Waals surface area contributed by atoms with Crippen LogP contribution in [0.1, 0.15) is 43.7 Å². The number of halogens is 1. The Morgan fingerprint density at radius 1 is 1.07 bits per heavy atom. The zero-order valence-electron chi connectivity index (χ0n) is 16.1. The number of hydrogen-bond acceptors (Lipinski definition) is 4. The van der Waals surface area contributed by atoms with Gasteiger partial charge in [0.2, 0.25) is 0 Å². The molecular weight excluding hydrogens is 390 g/mol. The summed E-state index contributed by atoms with van der Waals surface area (Å²) >= 11 is 6.04. The van der Waals surface area contributed by atoms with E-state index in [0.717, 1.165) is 11.1 Å². The van der Waals surface area contributed by atoms with Crippen molar-refractivity contribution in [2.24, 2.45) is 5.41 Å². The van der Waals surface area contributed by atoms with Crippen molar-refractivity contribution < 1.29 is 14.5 Å². The average molecular weight is 410 g/mol. The van der Waals surface area contributed by atoms with Crippen LogP contribution in [-0.4, -0.2) is 10.7 Å². The number of nitrogens with zero attached hydrogens (tertiary/aromatic N) is 1. The van der Waals surface area contributed by atoms with Crippen LogP contribution >= 0.6 is 11.6 Å². The van der Waals surface area contributed by atoms with Crippen molar-refractivity contribution >= 4 is 28.8 Å². The van der Waals surface area contributed by atoms with Gasteiger partial charge in [-0.05, 0) is 41.3 Å². The summed E-state index contributed by atoms with van der Waals surface area (Å²) in [6.45, 7) is 4.11. The average Bonchev–Trinajstić information content (AvgIpc) is 2.66. The maximum absolute atomic E-state index is 13.0. The highest BCUT2D eigenvalue weighted by molar-refractivity contribution is 6.30. The molecule has 0 aromatic heterocycles. The number of benzene rings is 2. The molecule has 2 aromatic carbocycles. The zero-order chi connectivity index (χ0) is 20.8. The van der Waals surface area contributed by atoms with Crippen molar-refractivity contribution in [1.82, 2.24) is 0 Å². The summed E-state index contributed by atoms with van der Waals surface area (Å²) in [6.07, 6.45) is 3.04. The van der Waals surface area contributed by atoms with E-state index in [1.165, 1.54) is 12.1 Å². The SMILES string of the molecule is CC1(C)CC(=O)C2=C(C1)OC(c1ccc([N+](=O)[O-])cc1)=CC2c1ccc(Cl)cc1. The van der Waals surface area contributed by atoms with Crippen LogP contribution in [-0.2, 0) is 9.53 Å². The number of ether oxygens (including phenoxy) is 1. The topological polar surface area (TPSA) is 69.4 Å². The maximum atomic E-state index is 13.0. The molecule has 4 rings (SSSR count). The Labute approximate surface area is 173 Å². The van der Waals surface area contributed by atoms with E-state index in [1.54, 1.807) is 12.1 Å². The lowest BCUT2D eigenvalue weighted by atomic mass is 9.71. The Kier molecular flexibility index (Phi) is 4.79. The summed E-state index contributed by atoms with van der Waals surface area (Å²) in [7, 11) is 0. The normalized spacial score (nSPS) is 20.6. The Bertz CT molecular complexity index is 1050. The molecule has 148 valence electrons. The number of nitro groups is 1. The summed E-state index contributed by atoms with van der Waals surface area (Å²) in [6, 6.07) is 13.7. The number of carbonyl (C=O) groups is 1. The van der Waals surface area contributed by atoms with Gasteiger partial charge in [-0.25, -0.2) is 0 Å². The highest BCUT2D eigenvalue weighted by atomic mass is 35.5. The van der Waals surface area contributed by atoms with Crippen LogP contribution in [0.25, 0.3) is 5.76 Å². The molecule has 5 nitrogen and oxygen atoms in total. The molecule has 2 aliphatic rings. The lowest BCUT2D eigenvalue weighted by Crippen LogP contribution is -2.30. The van der Waals surface area contributed by atoms with E-state index in [-0.39, 0.29) is 22.8 Å². The second-order valence-electron chi connectivity index (χ2n) is 8.24. The van der Waals surface area contributed by atoms with Crippen LogP contribution in [0.4, 0.5) is 5.69 Å². The van der Waals surface area contributed by atoms with E-state index >= 15 is 0 Å². The number of carbonyl (C=O) groups excluding carboxylic acids is 1. The maximum Gasteiger partial charge on any atom is 0.269 e. The molecule has 1 atom stereocenters. The number of ketones is 1. The van der Waals surface area contributed by atoms with Crippen LogP contribution in [0.5, 0.6) is 0 Å². The van der Waals surface area contributed by atoms with Crippen molar-refractivity contribution in [1.29, 1.82) is 0 Å². The minimum Gasteiger partial charge on any atom is -0.461 e. The molecule has 0 N–H and O–H groups in total. The van der Waals surface area contributed by atoms with Crippen molar-refractivity contribution in [3.63, 3.8) is 0 Å². The first-order valence-electron chi connectivity index (χ1n) is 9.40. The highest BCUT2D eigenvalue weighted by Gasteiger charge is 2.40. The van der Waals surface area contributed by atoms with Crippen LogP contribution in [0.15, 0.2) is 65.9 Å². The molecule has 0 saturated heterocycles. The zero-order valence-corrected chi connectivity index (χ0v) is 16.9. The van der Waals surface area contributed by atoms with Crippen LogP contribution in [0, 0.1) is 15.5 Å². The molecule has 29 heavy (non-hydrogen) atoms. The molecule has 1 aliphatic heterocycles. The number of hydrogen-bond donors (Lipinski definition) is 0. The van der Waals surface area contributed by atoms with Crippen LogP contribution in [0.3, 0.4) is 0 Å². The number of non-ortho nitro benzene ring substituents is 1. The summed E-state index contributed by atoms with van der Waals surface area (Å²) < 4.78 is 6.18. The molecule has 1 unspecified atom stereocenters. The van der Waals surface area contributed by atoms with E-state index in [9.17, 15) is 14.9 Å². The Morgan fingerprint density at radius 3 is 2.34 bits per heavy atom. The van der Waals surface area contributed by atoms with Gasteiger partial charge in [0.05, 0.1) is 4.92 Å². The van der Waals surface area contributed by atoms with E-state index in [4.69, 9.17) is 16.3 Å². The molecule has 1 heterocycles. The molecule has 0 spiro atoms. The lowest BCUT2D eigenvalue weighted by molar-refractivity contribution is -0.384. The third-order valence-corrected chi connectivity index (χ3v) is 5.58. The van der Waals surface area contributed by atoms with Gasteiger partial charge in [0.15, 0.2) is 5.78 Å². The van der Waals surface area contributed by atoms with Gasteiger partial charge in [0, 0.05) is 47.1 Å².